The Morgan fingerprint density at radius 1 is 1.40 bits per heavy atom. The lowest BCUT2D eigenvalue weighted by Crippen LogP contribution is -2.31. The van der Waals surface area contributed by atoms with Gasteiger partial charge in [-0.05, 0) is 24.8 Å². The molecule has 0 bridgehead atoms. The van der Waals surface area contributed by atoms with Crippen LogP contribution in [0, 0.1) is 11.8 Å². The van der Waals surface area contributed by atoms with Crippen molar-refractivity contribution in [2.75, 3.05) is 6.54 Å². The lowest BCUT2D eigenvalue weighted by molar-refractivity contribution is 0.0935. The average molecular weight is 301 g/mol. The van der Waals surface area contributed by atoms with E-state index in [1.54, 1.807) is 4.57 Å². The Kier molecular flexibility index (Phi) is 5.35. The number of amides is 1. The van der Waals surface area contributed by atoms with E-state index in [0.29, 0.717) is 30.6 Å². The zero-order valence-electron chi connectivity index (χ0n) is 12.4. The van der Waals surface area contributed by atoms with Gasteiger partial charge in [-0.3, -0.25) is 4.79 Å². The molecule has 0 aromatic carbocycles. The van der Waals surface area contributed by atoms with Gasteiger partial charge >= 0.3 is 0 Å². The number of sulfonamides is 1. The first-order chi connectivity index (χ1) is 9.16. The van der Waals surface area contributed by atoms with Crippen molar-refractivity contribution in [1.29, 1.82) is 0 Å². The number of nitrogens with zero attached hydrogens (tertiary/aromatic N) is 1. The van der Waals surface area contributed by atoms with Gasteiger partial charge in [0.25, 0.3) is 5.91 Å². The maximum atomic E-state index is 12.1. The maximum absolute atomic E-state index is 12.1. The molecule has 1 unspecified atom stereocenters. The third kappa shape index (κ3) is 4.08. The van der Waals surface area contributed by atoms with Crippen LogP contribution in [0.5, 0.6) is 0 Å². The molecule has 7 heteroatoms. The zero-order chi connectivity index (χ0) is 15.5. The van der Waals surface area contributed by atoms with Crippen molar-refractivity contribution in [2.45, 2.75) is 39.1 Å². The Hall–Kier alpha value is -1.34. The van der Waals surface area contributed by atoms with Crippen molar-refractivity contribution in [3.05, 3.63) is 18.0 Å². The summed E-state index contributed by atoms with van der Waals surface area (Å²) in [7, 11) is -3.79. The third-order valence-electron chi connectivity index (χ3n) is 3.50. The number of nitrogens with one attached hydrogen (secondary N) is 1. The first-order valence-electron chi connectivity index (χ1n) is 6.68. The number of carbonyl (C=O) groups excluding carboxylic acids is 1. The molecule has 0 aliphatic carbocycles. The first-order valence-corrected chi connectivity index (χ1v) is 8.22. The Balaban J connectivity index is 2.90. The predicted octanol–water partition coefficient (Wildman–Crippen LogP) is 1.18. The molecule has 1 aromatic heterocycles. The van der Waals surface area contributed by atoms with Gasteiger partial charge in [0, 0.05) is 19.3 Å². The standard InChI is InChI=1S/C13H23N3O3S/c1-5-16-8-11(20(14,18)19)6-12(16)13(17)15-7-10(4)9(2)3/h6,8-10H,5,7H2,1-4H3,(H,15,17)(H2,14,18,19). The van der Waals surface area contributed by atoms with Crippen LogP contribution >= 0.6 is 0 Å². The minimum atomic E-state index is -3.79. The number of aryl methyl sites for hydroxylation is 1. The highest BCUT2D eigenvalue weighted by Gasteiger charge is 2.19. The van der Waals surface area contributed by atoms with Gasteiger partial charge in [-0.2, -0.15) is 0 Å². The number of hydrogen-bond acceptors (Lipinski definition) is 3. The number of primary sulfonamides is 1. The molecule has 1 heterocycles. The van der Waals surface area contributed by atoms with Crippen molar-refractivity contribution >= 4 is 15.9 Å². The minimum Gasteiger partial charge on any atom is -0.350 e. The number of aromatic nitrogens is 1. The molecule has 1 aromatic rings. The molecule has 0 radical (unpaired) electrons. The molecule has 114 valence electrons. The predicted molar refractivity (Wildman–Crippen MR) is 77.8 cm³/mol. The van der Waals surface area contributed by atoms with Crippen molar-refractivity contribution in [2.24, 2.45) is 17.0 Å². The van der Waals surface area contributed by atoms with Gasteiger partial charge in [-0.25, -0.2) is 13.6 Å². The topological polar surface area (TPSA) is 94.2 Å². The molecule has 6 nitrogen and oxygen atoms in total. The highest BCUT2D eigenvalue weighted by molar-refractivity contribution is 7.89. The van der Waals surface area contributed by atoms with Crippen molar-refractivity contribution < 1.29 is 13.2 Å². The van der Waals surface area contributed by atoms with E-state index < -0.39 is 10.0 Å². The minimum absolute atomic E-state index is 0.0404. The molecule has 1 atom stereocenters. The second kappa shape index (κ2) is 6.41. The lowest BCUT2D eigenvalue weighted by Gasteiger charge is -2.16. The Morgan fingerprint density at radius 2 is 2.00 bits per heavy atom. The van der Waals surface area contributed by atoms with Crippen LogP contribution in [0.4, 0.5) is 0 Å². The molecular formula is C13H23N3O3S. The summed E-state index contributed by atoms with van der Waals surface area (Å²) < 4.78 is 24.2. The van der Waals surface area contributed by atoms with Crippen LogP contribution in [0.3, 0.4) is 0 Å². The van der Waals surface area contributed by atoms with E-state index in [9.17, 15) is 13.2 Å². The Labute approximate surface area is 120 Å². The van der Waals surface area contributed by atoms with E-state index in [1.807, 2.05) is 6.92 Å². The number of carbonyl (C=O) groups is 1. The van der Waals surface area contributed by atoms with Gasteiger partial charge in [0.1, 0.15) is 10.6 Å². The summed E-state index contributed by atoms with van der Waals surface area (Å²) >= 11 is 0. The maximum Gasteiger partial charge on any atom is 0.267 e. The molecular weight excluding hydrogens is 278 g/mol. The smallest absolute Gasteiger partial charge is 0.267 e. The van der Waals surface area contributed by atoms with Crippen LogP contribution < -0.4 is 10.5 Å². The van der Waals surface area contributed by atoms with Gasteiger partial charge < -0.3 is 9.88 Å². The van der Waals surface area contributed by atoms with E-state index in [4.69, 9.17) is 5.14 Å². The van der Waals surface area contributed by atoms with Crippen LogP contribution in [0.15, 0.2) is 17.2 Å². The molecule has 0 saturated heterocycles. The highest BCUT2D eigenvalue weighted by atomic mass is 32.2. The molecule has 0 spiro atoms. The van der Waals surface area contributed by atoms with Crippen LogP contribution in [0.1, 0.15) is 38.2 Å². The van der Waals surface area contributed by atoms with E-state index in [0.717, 1.165) is 0 Å². The fraction of sp³-hybridized carbons (Fsp3) is 0.615. The number of nitrogens with two attached hydrogens (primary N) is 1. The number of rotatable bonds is 6. The van der Waals surface area contributed by atoms with Crippen LogP contribution in [0.25, 0.3) is 0 Å². The SMILES string of the molecule is CCn1cc(S(N)(=O)=O)cc1C(=O)NCC(C)C(C)C. The molecule has 1 amide bonds. The van der Waals surface area contributed by atoms with Crippen molar-refractivity contribution in [1.82, 2.24) is 9.88 Å². The van der Waals surface area contributed by atoms with E-state index in [-0.39, 0.29) is 10.8 Å². The molecule has 3 N–H and O–H groups in total. The van der Waals surface area contributed by atoms with E-state index >= 15 is 0 Å². The summed E-state index contributed by atoms with van der Waals surface area (Å²) in [6.45, 7) is 9.11. The van der Waals surface area contributed by atoms with Crippen LogP contribution in [-0.4, -0.2) is 25.4 Å². The largest absolute Gasteiger partial charge is 0.350 e. The summed E-state index contributed by atoms with van der Waals surface area (Å²) in [5, 5.41) is 7.91. The van der Waals surface area contributed by atoms with Crippen LogP contribution in [-0.2, 0) is 16.6 Å². The summed E-state index contributed by atoms with van der Waals surface area (Å²) in [5.74, 6) is 0.532. The van der Waals surface area contributed by atoms with E-state index in [1.165, 1.54) is 12.3 Å². The fourth-order valence-corrected chi connectivity index (χ4v) is 2.22. The van der Waals surface area contributed by atoms with Gasteiger partial charge in [0.2, 0.25) is 10.0 Å². The van der Waals surface area contributed by atoms with Gasteiger partial charge in [0.15, 0.2) is 0 Å². The molecule has 0 aliphatic rings. The molecule has 0 saturated carbocycles. The van der Waals surface area contributed by atoms with Crippen molar-refractivity contribution in [3.63, 3.8) is 0 Å². The van der Waals surface area contributed by atoms with Crippen molar-refractivity contribution in [3.8, 4) is 0 Å². The third-order valence-corrected chi connectivity index (χ3v) is 4.38. The molecule has 20 heavy (non-hydrogen) atoms. The summed E-state index contributed by atoms with van der Waals surface area (Å²) in [5.41, 5.74) is 0.312. The normalized spacial score (nSPS) is 13.5. The first kappa shape index (κ1) is 16.7. The van der Waals surface area contributed by atoms with Gasteiger partial charge in [-0.15, -0.1) is 0 Å². The Bertz CT molecular complexity index is 576. The molecule has 0 aliphatic heterocycles. The monoisotopic (exact) mass is 301 g/mol. The van der Waals surface area contributed by atoms with Gasteiger partial charge in [-0.1, -0.05) is 20.8 Å². The zero-order valence-corrected chi connectivity index (χ0v) is 13.2. The van der Waals surface area contributed by atoms with Gasteiger partial charge in [0.05, 0.1) is 0 Å². The molecule has 1 rings (SSSR count). The summed E-state index contributed by atoms with van der Waals surface area (Å²) in [4.78, 5) is 12.1. The second-order valence-electron chi connectivity index (χ2n) is 5.32. The summed E-state index contributed by atoms with van der Waals surface area (Å²) in [6, 6.07) is 1.31. The fourth-order valence-electron chi connectivity index (χ4n) is 1.67. The lowest BCUT2D eigenvalue weighted by atomic mass is 9.98. The van der Waals surface area contributed by atoms with Crippen LogP contribution in [0.2, 0.25) is 0 Å². The van der Waals surface area contributed by atoms with E-state index in [2.05, 4.69) is 26.1 Å². The molecule has 0 fully saturated rings. The highest BCUT2D eigenvalue weighted by Crippen LogP contribution is 2.14. The number of hydrogen-bond donors (Lipinski definition) is 2. The summed E-state index contributed by atoms with van der Waals surface area (Å²) in [6.07, 6.45) is 1.39. The Morgan fingerprint density at radius 3 is 2.45 bits per heavy atom. The quantitative estimate of drug-likeness (QED) is 0.826. The average Bonchev–Trinajstić information content (AvgIpc) is 2.79. The second-order valence-corrected chi connectivity index (χ2v) is 6.88.